The number of likely N-dealkylation sites (N-methyl/N-ethyl adjacent to an activating group) is 2. The standard InChI is InChI=1S/C54H86N8O11/c1-15-35(6)49(60(12)54(70)47(33(2)3)56-53(69)48(34(4)5)59(10)11)41(71-13)32-45(66)61-30-22-25-40(61)50(72-14)37(8)52(68)55-38(9)51(39-23-18-16-19-24-39)73-46(67)31-36(7)57-58-42(63)26-20-17-21-29-62-43(64)27-28-44(62)65/h16,18-19,23-24,27-28,33-35,37-38,40-41,47-51H,15,17,20-22,25-26,29-32H2,1-14H3,(H,55,68)(H,56,69)(H,58,63)/t35-,37+,38+,40-,41?,47-,48-,49-,50+,51?/m0/s1. The molecule has 7 amide bonds. The number of unbranched alkanes of at least 4 members (excludes halogenated alkanes) is 2. The molecule has 3 N–H and O–H groups in total. The maximum absolute atomic E-state index is 14.5. The first-order chi connectivity index (χ1) is 34.5. The highest BCUT2D eigenvalue weighted by Crippen LogP contribution is 2.31. The van der Waals surface area contributed by atoms with Crippen LogP contribution in [0.2, 0.25) is 0 Å². The second kappa shape index (κ2) is 30.0. The number of methoxy groups -OCH3 is 2. The number of imide groups is 1. The zero-order chi connectivity index (χ0) is 54.7. The first-order valence-corrected chi connectivity index (χ1v) is 26.0. The number of nitrogens with one attached hydrogen (secondary N) is 3. The molecule has 0 aromatic heterocycles. The maximum Gasteiger partial charge on any atom is 0.312 e. The Labute approximate surface area is 433 Å². The molecule has 2 aliphatic heterocycles. The molecule has 1 aromatic carbocycles. The molecule has 19 nitrogen and oxygen atoms in total. The van der Waals surface area contributed by atoms with Gasteiger partial charge in [0.15, 0.2) is 0 Å². The van der Waals surface area contributed by atoms with Crippen molar-refractivity contribution in [3.8, 4) is 0 Å². The van der Waals surface area contributed by atoms with E-state index < -0.39 is 60.4 Å². The van der Waals surface area contributed by atoms with E-state index in [1.165, 1.54) is 26.4 Å². The van der Waals surface area contributed by atoms with Crippen LogP contribution in [-0.4, -0.2) is 164 Å². The van der Waals surface area contributed by atoms with Crippen LogP contribution in [0.1, 0.15) is 132 Å². The average molecular weight is 1020 g/mol. The van der Waals surface area contributed by atoms with Gasteiger partial charge in [-0.1, -0.05) is 91.6 Å². The molecule has 2 unspecified atom stereocenters. The van der Waals surface area contributed by atoms with Crippen molar-refractivity contribution in [3.63, 3.8) is 0 Å². The minimum absolute atomic E-state index is 0.0145. The summed E-state index contributed by atoms with van der Waals surface area (Å²) < 4.78 is 18.1. The van der Waals surface area contributed by atoms with Gasteiger partial charge in [-0.25, -0.2) is 5.43 Å². The topological polar surface area (TPSA) is 226 Å². The Morgan fingerprint density at radius 3 is 2.04 bits per heavy atom. The minimum Gasteiger partial charge on any atom is -0.455 e. The third-order valence-corrected chi connectivity index (χ3v) is 14.1. The molecule has 0 bridgehead atoms. The Morgan fingerprint density at radius 1 is 0.836 bits per heavy atom. The molecule has 73 heavy (non-hydrogen) atoms. The van der Waals surface area contributed by atoms with Crippen LogP contribution < -0.4 is 16.1 Å². The Balaban J connectivity index is 1.68. The van der Waals surface area contributed by atoms with E-state index in [2.05, 4.69) is 21.2 Å². The Morgan fingerprint density at radius 2 is 1.48 bits per heavy atom. The summed E-state index contributed by atoms with van der Waals surface area (Å²) in [6.45, 7) is 17.6. The number of nitrogens with zero attached hydrogens (tertiary/aromatic N) is 5. The van der Waals surface area contributed by atoms with Crippen LogP contribution in [0, 0.1) is 23.7 Å². The van der Waals surface area contributed by atoms with Crippen LogP contribution >= 0.6 is 0 Å². The lowest BCUT2D eigenvalue weighted by Gasteiger charge is -2.41. The van der Waals surface area contributed by atoms with Crippen LogP contribution in [-0.2, 0) is 52.6 Å². The predicted octanol–water partition coefficient (Wildman–Crippen LogP) is 4.79. The van der Waals surface area contributed by atoms with Crippen LogP contribution in [0.3, 0.4) is 0 Å². The highest BCUT2D eigenvalue weighted by atomic mass is 16.5. The molecule has 0 aliphatic carbocycles. The molecule has 0 saturated carbocycles. The molecular formula is C54H86N8O11. The van der Waals surface area contributed by atoms with Crippen LogP contribution in [0.5, 0.6) is 0 Å². The smallest absolute Gasteiger partial charge is 0.312 e. The van der Waals surface area contributed by atoms with E-state index in [1.807, 2.05) is 66.6 Å². The van der Waals surface area contributed by atoms with E-state index in [1.54, 1.807) is 61.9 Å². The van der Waals surface area contributed by atoms with E-state index in [0.29, 0.717) is 56.3 Å². The van der Waals surface area contributed by atoms with Gasteiger partial charge in [-0.3, -0.25) is 48.2 Å². The Hall–Kier alpha value is -5.53. The molecule has 1 aromatic rings. The minimum atomic E-state index is -0.892. The molecule has 3 rings (SSSR count). The molecule has 19 heteroatoms. The molecule has 2 heterocycles. The van der Waals surface area contributed by atoms with E-state index >= 15 is 0 Å². The van der Waals surface area contributed by atoms with Gasteiger partial charge in [0.25, 0.3) is 11.8 Å². The van der Waals surface area contributed by atoms with Gasteiger partial charge in [0, 0.05) is 58.6 Å². The van der Waals surface area contributed by atoms with Crippen molar-refractivity contribution < 1.29 is 52.6 Å². The SMILES string of the molecule is CC[C@H](C)[C@@H](C(CC(=O)N1CCC[C@H]1[C@H](OC)[C@@H](C)C(=O)N[C@H](C)C(OC(=O)CC(C)=NNC(=O)CCCCCN1C(=O)C=CC1=O)c1ccccc1)OC)N(C)C(=O)[C@@H](NC(=O)[C@H](C(C)C)N(C)C)C(C)C. The van der Waals surface area contributed by atoms with Crippen molar-refractivity contribution >= 4 is 53.0 Å². The summed E-state index contributed by atoms with van der Waals surface area (Å²) >= 11 is 0. The molecule has 2 aliphatic rings. The first-order valence-electron chi connectivity index (χ1n) is 26.0. The predicted molar refractivity (Wildman–Crippen MR) is 278 cm³/mol. The van der Waals surface area contributed by atoms with Crippen LogP contribution in [0.15, 0.2) is 47.6 Å². The summed E-state index contributed by atoms with van der Waals surface area (Å²) in [6, 6.07) is 6.14. The van der Waals surface area contributed by atoms with Crippen molar-refractivity contribution in [3.05, 3.63) is 48.0 Å². The molecular weight excluding hydrogens is 937 g/mol. The molecule has 0 radical (unpaired) electrons. The van der Waals surface area contributed by atoms with Crippen molar-refractivity contribution in [1.29, 1.82) is 0 Å². The van der Waals surface area contributed by atoms with Gasteiger partial charge in [-0.15, -0.1) is 0 Å². The fourth-order valence-corrected chi connectivity index (χ4v) is 9.97. The number of benzene rings is 1. The van der Waals surface area contributed by atoms with Gasteiger partial charge in [0.05, 0.1) is 55.1 Å². The summed E-state index contributed by atoms with van der Waals surface area (Å²) in [7, 11) is 8.46. The molecule has 1 saturated heterocycles. The molecule has 408 valence electrons. The number of hydrogen-bond donors (Lipinski definition) is 3. The summed E-state index contributed by atoms with van der Waals surface area (Å²) in [6.07, 6.45) is 3.80. The number of ether oxygens (including phenoxy) is 3. The van der Waals surface area contributed by atoms with Crippen LogP contribution in [0.25, 0.3) is 0 Å². The van der Waals surface area contributed by atoms with Crippen molar-refractivity contribution in [2.45, 2.75) is 169 Å². The summed E-state index contributed by atoms with van der Waals surface area (Å²) in [4.78, 5) is 112. The highest BCUT2D eigenvalue weighted by Gasteiger charge is 2.43. The highest BCUT2D eigenvalue weighted by molar-refractivity contribution is 6.12. The number of esters is 1. The van der Waals surface area contributed by atoms with E-state index in [0.717, 1.165) is 4.90 Å². The van der Waals surface area contributed by atoms with E-state index in [4.69, 9.17) is 14.2 Å². The number of hydrogen-bond acceptors (Lipinski definition) is 13. The summed E-state index contributed by atoms with van der Waals surface area (Å²) in [5.41, 5.74) is 3.42. The van der Waals surface area contributed by atoms with Crippen LogP contribution in [0.4, 0.5) is 0 Å². The lowest BCUT2D eigenvalue weighted by molar-refractivity contribution is -0.151. The third kappa shape index (κ3) is 17.8. The van der Waals surface area contributed by atoms with E-state index in [9.17, 15) is 38.4 Å². The van der Waals surface area contributed by atoms with Gasteiger partial charge in [-0.05, 0) is 76.9 Å². The van der Waals surface area contributed by atoms with Crippen molar-refractivity contribution in [1.82, 2.24) is 35.7 Å². The first kappa shape index (κ1) is 61.8. The monoisotopic (exact) mass is 1020 g/mol. The van der Waals surface area contributed by atoms with Gasteiger partial charge in [-0.2, -0.15) is 5.10 Å². The third-order valence-electron chi connectivity index (χ3n) is 14.1. The van der Waals surface area contributed by atoms with Gasteiger partial charge < -0.3 is 34.6 Å². The maximum atomic E-state index is 14.5. The fraction of sp³-hybridized carbons (Fsp3) is 0.685. The lowest BCUT2D eigenvalue weighted by Crippen LogP contribution is -2.59. The largest absolute Gasteiger partial charge is 0.455 e. The number of likely N-dealkylation sites (tertiary alicyclic amines) is 1. The quantitative estimate of drug-likeness (QED) is 0.0311. The van der Waals surface area contributed by atoms with Gasteiger partial charge in [0.1, 0.15) is 12.1 Å². The van der Waals surface area contributed by atoms with Gasteiger partial charge >= 0.3 is 5.97 Å². The fourth-order valence-electron chi connectivity index (χ4n) is 9.97. The Bertz CT molecular complexity index is 2050. The molecule has 10 atom stereocenters. The number of hydrazone groups is 1. The number of carbonyl (C=O) groups is 8. The van der Waals surface area contributed by atoms with Gasteiger partial charge in [0.2, 0.25) is 29.5 Å². The molecule has 1 fully saturated rings. The molecule has 0 spiro atoms. The van der Waals surface area contributed by atoms with Crippen molar-refractivity contribution in [2.75, 3.05) is 48.5 Å². The van der Waals surface area contributed by atoms with E-state index in [-0.39, 0.29) is 84.9 Å². The Kier molecular flexibility index (Phi) is 25.4. The second-order valence-electron chi connectivity index (χ2n) is 20.6. The zero-order valence-electron chi connectivity index (χ0n) is 46.0. The number of amides is 7. The number of rotatable bonds is 30. The summed E-state index contributed by atoms with van der Waals surface area (Å²) in [5.74, 6) is -3.71. The average Bonchev–Trinajstić information content (AvgIpc) is 3.96. The zero-order valence-corrected chi connectivity index (χ0v) is 46.0. The lowest BCUT2D eigenvalue weighted by atomic mass is 9.89. The second-order valence-corrected chi connectivity index (χ2v) is 20.6. The normalized spacial score (nSPS) is 18.8. The summed E-state index contributed by atoms with van der Waals surface area (Å²) in [5, 5.41) is 10.2. The van der Waals surface area contributed by atoms with Crippen molar-refractivity contribution in [2.24, 2.45) is 28.8 Å². The number of carbonyl (C=O) groups excluding carboxylic acids is 8.